The van der Waals surface area contributed by atoms with Gasteiger partial charge in [0.2, 0.25) is 47.3 Å². The Morgan fingerprint density at radius 2 is 0.731 bits per heavy atom. The van der Waals surface area contributed by atoms with Gasteiger partial charge in [-0.05, 0) is 12.8 Å². The van der Waals surface area contributed by atoms with Crippen LogP contribution in [0.2, 0.25) is 0 Å². The molecule has 364 valence electrons. The van der Waals surface area contributed by atoms with Crippen molar-refractivity contribution < 1.29 is 86.7 Å². The first-order chi connectivity index (χ1) is 31.7. The van der Waals surface area contributed by atoms with E-state index in [9.17, 15) is 76.7 Å². The van der Waals surface area contributed by atoms with Crippen LogP contribution >= 0.6 is 0 Å². The molecule has 0 radical (unpaired) electrons. The molecule has 14 amide bonds. The lowest BCUT2D eigenvalue weighted by Crippen LogP contribution is -2.44. The normalized spacial score (nSPS) is 13.6. The van der Waals surface area contributed by atoms with Crippen molar-refractivity contribution in [1.29, 1.82) is 0 Å². The highest BCUT2D eigenvalue weighted by molar-refractivity contribution is 6.13. The van der Waals surface area contributed by atoms with E-state index < -0.39 is 121 Å². The molecule has 3 aliphatic heterocycles. The third-order valence-corrected chi connectivity index (χ3v) is 8.56. The smallest absolute Gasteiger partial charge is 0.334 e. The van der Waals surface area contributed by atoms with Crippen LogP contribution in [0.5, 0.6) is 0 Å². The minimum absolute atomic E-state index is 0.00180. The fraction of sp³-hybridized carbons (Fsp3) is 0.474. The summed E-state index contributed by atoms with van der Waals surface area (Å²) in [5.74, 6) is -9.73. The van der Waals surface area contributed by atoms with Crippen molar-refractivity contribution >= 4 is 94.6 Å². The Labute approximate surface area is 379 Å². The average Bonchev–Trinajstić information content (AvgIpc) is 3.90. The van der Waals surface area contributed by atoms with Crippen LogP contribution in [0.4, 0.5) is 0 Å². The summed E-state index contributed by atoms with van der Waals surface area (Å²) in [6.45, 7) is -2.53. The van der Waals surface area contributed by atoms with Crippen LogP contribution in [0.25, 0.3) is 0 Å². The van der Waals surface area contributed by atoms with Crippen LogP contribution in [-0.4, -0.2) is 180 Å². The predicted molar refractivity (Wildman–Crippen MR) is 218 cm³/mol. The molecule has 1 fully saturated rings. The number of carboxylic acids is 1. The second kappa shape index (κ2) is 29.1. The fourth-order valence-electron chi connectivity index (χ4n) is 5.14. The summed E-state index contributed by atoms with van der Waals surface area (Å²) in [7, 11) is 0. The SMILES string of the molecule is O=C(CCCN1C(=O)C=CC1=O)NCC(=O)NCC(=O)NCC(=O)NCCC(=O)ON1C(=O)CCC1=O.O=C(O)CCNC(=O)CNC(=O)CNC(=O)CNC(=O)CCCN1C(=O)C=CC1=O. The molecule has 0 spiro atoms. The number of nitrogens with zero attached hydrogens (tertiary/aromatic N) is 3. The van der Waals surface area contributed by atoms with Crippen LogP contribution in [-0.2, 0) is 81.6 Å². The molecule has 0 aromatic carbocycles. The first kappa shape index (κ1) is 54.7. The molecular weight excluding hydrogens is 898 g/mol. The summed E-state index contributed by atoms with van der Waals surface area (Å²) >= 11 is 0. The van der Waals surface area contributed by atoms with E-state index in [0.717, 1.165) is 34.1 Å². The minimum atomic E-state index is -1.07. The lowest BCUT2D eigenvalue weighted by atomic mass is 10.2. The number of hydrogen-bond donors (Lipinski definition) is 9. The zero-order valence-corrected chi connectivity index (χ0v) is 35.8. The summed E-state index contributed by atoms with van der Waals surface area (Å²) in [4.78, 5) is 190. The molecule has 9 N–H and O–H groups in total. The number of imide groups is 3. The molecule has 0 unspecified atom stereocenters. The van der Waals surface area contributed by atoms with E-state index in [1.807, 2.05) is 0 Å². The van der Waals surface area contributed by atoms with Crippen LogP contribution in [0, 0.1) is 0 Å². The molecule has 1 saturated heterocycles. The number of rotatable bonds is 27. The van der Waals surface area contributed by atoms with Crippen molar-refractivity contribution in [3.63, 3.8) is 0 Å². The first-order valence-electron chi connectivity index (χ1n) is 20.2. The molecule has 0 atom stereocenters. The van der Waals surface area contributed by atoms with Gasteiger partial charge in [-0.15, -0.1) is 5.06 Å². The number of carbonyl (C=O) groups excluding carboxylic acids is 15. The summed E-state index contributed by atoms with van der Waals surface area (Å²) in [6.07, 6.45) is 4.38. The van der Waals surface area contributed by atoms with Crippen molar-refractivity contribution in [3.05, 3.63) is 24.3 Å². The van der Waals surface area contributed by atoms with E-state index in [1.165, 1.54) is 0 Å². The summed E-state index contributed by atoms with van der Waals surface area (Å²) in [5, 5.41) is 27.1. The van der Waals surface area contributed by atoms with Gasteiger partial charge >= 0.3 is 11.9 Å². The molecule has 0 aromatic rings. The Kier molecular flexibility index (Phi) is 23.8. The Balaban J connectivity index is 0.000000471. The van der Waals surface area contributed by atoms with Gasteiger partial charge < -0.3 is 52.5 Å². The van der Waals surface area contributed by atoms with Crippen molar-refractivity contribution in [2.45, 2.75) is 51.4 Å². The predicted octanol–water partition coefficient (Wildman–Crippen LogP) is -7.22. The molecule has 0 aliphatic carbocycles. The fourth-order valence-corrected chi connectivity index (χ4v) is 5.14. The molecule has 3 rings (SSSR count). The van der Waals surface area contributed by atoms with Gasteiger partial charge in [0.25, 0.3) is 35.4 Å². The van der Waals surface area contributed by atoms with Gasteiger partial charge in [0.15, 0.2) is 0 Å². The van der Waals surface area contributed by atoms with Crippen LogP contribution in [0.15, 0.2) is 24.3 Å². The van der Waals surface area contributed by atoms with E-state index in [1.54, 1.807) is 0 Å². The van der Waals surface area contributed by atoms with Gasteiger partial charge in [-0.1, -0.05) is 0 Å². The third-order valence-electron chi connectivity index (χ3n) is 8.56. The molecule has 3 heterocycles. The standard InChI is InChI=1S/C21H26N6O10.C17H23N5O8/c28-13(2-1-9-26-17(32)3-4-18(26)33)23-11-15(30)25-12-16(31)24-10-14(29)22-8-7-21(36)37-27-19(34)5-6-20(27)35;23-11(2-1-7-22-15(27)3-4-16(22)28)19-9-13(25)21-10-14(26)20-8-12(24)18-6-5-17(29)30/h3-4H,1-2,5-12H2,(H,22,29)(H,23,28)(H,24,31)(H,25,30);3-4H,1-2,5-10H2,(H,18,24)(H,19,23)(H,20,26)(H,21,25)(H,29,30). The average molecular weight is 948 g/mol. The van der Waals surface area contributed by atoms with E-state index in [2.05, 4.69) is 47.4 Å². The monoisotopic (exact) mass is 947 g/mol. The Hall–Kier alpha value is -8.40. The highest BCUT2D eigenvalue weighted by Gasteiger charge is 2.32. The maximum atomic E-state index is 11.8. The molecule has 0 saturated carbocycles. The van der Waals surface area contributed by atoms with E-state index in [0.29, 0.717) is 5.06 Å². The number of aliphatic carboxylic acids is 1. The van der Waals surface area contributed by atoms with Crippen molar-refractivity contribution in [2.24, 2.45) is 0 Å². The van der Waals surface area contributed by atoms with Crippen molar-refractivity contribution in [3.8, 4) is 0 Å². The number of hydroxylamine groups is 2. The molecular formula is C38H49N11O18. The van der Waals surface area contributed by atoms with E-state index in [4.69, 9.17) is 5.11 Å². The number of carbonyl (C=O) groups is 16. The lowest BCUT2D eigenvalue weighted by Gasteiger charge is -2.13. The molecule has 67 heavy (non-hydrogen) atoms. The number of hydrogen-bond acceptors (Lipinski definition) is 17. The van der Waals surface area contributed by atoms with Crippen molar-refractivity contribution in [2.75, 3.05) is 65.4 Å². The Morgan fingerprint density at radius 1 is 0.433 bits per heavy atom. The first-order valence-corrected chi connectivity index (χ1v) is 20.2. The lowest BCUT2D eigenvalue weighted by molar-refractivity contribution is -0.197. The van der Waals surface area contributed by atoms with Crippen LogP contribution < -0.4 is 42.5 Å². The van der Waals surface area contributed by atoms with Gasteiger partial charge in [-0.3, -0.25) is 81.7 Å². The highest BCUT2D eigenvalue weighted by Crippen LogP contribution is 2.12. The zero-order valence-electron chi connectivity index (χ0n) is 35.8. The molecule has 0 aromatic heterocycles. The number of amides is 14. The second-order valence-electron chi connectivity index (χ2n) is 13.8. The highest BCUT2D eigenvalue weighted by atomic mass is 16.7. The maximum absolute atomic E-state index is 11.8. The number of nitrogens with one attached hydrogen (secondary N) is 8. The Bertz CT molecular complexity index is 2000. The molecule has 0 bridgehead atoms. The topological polar surface area (TPSA) is 409 Å². The van der Waals surface area contributed by atoms with Gasteiger partial charge in [0.05, 0.1) is 52.1 Å². The summed E-state index contributed by atoms with van der Waals surface area (Å²) in [6, 6.07) is 0. The zero-order chi connectivity index (χ0) is 49.9. The largest absolute Gasteiger partial charge is 0.481 e. The van der Waals surface area contributed by atoms with Gasteiger partial charge in [0.1, 0.15) is 0 Å². The third kappa shape index (κ3) is 22.7. The van der Waals surface area contributed by atoms with Gasteiger partial charge in [-0.25, -0.2) is 4.79 Å². The molecule has 29 heteroatoms. The van der Waals surface area contributed by atoms with Crippen LogP contribution in [0.1, 0.15) is 51.4 Å². The minimum Gasteiger partial charge on any atom is -0.481 e. The van der Waals surface area contributed by atoms with E-state index in [-0.39, 0.29) is 90.6 Å². The second-order valence-corrected chi connectivity index (χ2v) is 13.8. The quantitative estimate of drug-likeness (QED) is 0.0345. The molecule has 29 nitrogen and oxygen atoms in total. The van der Waals surface area contributed by atoms with Gasteiger partial charge in [0, 0.05) is 76.2 Å². The van der Waals surface area contributed by atoms with Crippen molar-refractivity contribution in [1.82, 2.24) is 57.4 Å². The van der Waals surface area contributed by atoms with Crippen LogP contribution in [0.3, 0.4) is 0 Å². The maximum Gasteiger partial charge on any atom is 0.334 e. The van der Waals surface area contributed by atoms with E-state index >= 15 is 0 Å². The Morgan fingerprint density at radius 3 is 1.06 bits per heavy atom. The summed E-state index contributed by atoms with van der Waals surface area (Å²) in [5.41, 5.74) is 0. The number of carboxylic acid groups (broad SMARTS) is 1. The van der Waals surface area contributed by atoms with Gasteiger partial charge in [-0.2, -0.15) is 0 Å². The molecule has 3 aliphatic rings. The summed E-state index contributed by atoms with van der Waals surface area (Å²) < 4.78 is 0.